The molecule has 0 bridgehead atoms. The molecule has 0 spiro atoms. The van der Waals surface area contributed by atoms with Gasteiger partial charge in [-0.25, -0.2) is 0 Å². The second kappa shape index (κ2) is 6.35. The van der Waals surface area contributed by atoms with Gasteiger partial charge in [0.2, 0.25) is 0 Å². The molecule has 3 rings (SSSR count). The van der Waals surface area contributed by atoms with E-state index in [2.05, 4.69) is 5.32 Å². The lowest BCUT2D eigenvalue weighted by Crippen LogP contribution is -2.22. The Kier molecular flexibility index (Phi) is 4.10. The highest BCUT2D eigenvalue weighted by Crippen LogP contribution is 2.20. The quantitative estimate of drug-likeness (QED) is 0.779. The molecule has 0 aliphatic rings. The van der Waals surface area contributed by atoms with Crippen LogP contribution in [0.15, 0.2) is 59.0 Å². The molecule has 1 N–H and O–H groups in total. The van der Waals surface area contributed by atoms with Crippen LogP contribution < -0.4 is 10.1 Å². The topological polar surface area (TPSA) is 51.5 Å². The molecule has 4 nitrogen and oxygen atoms in total. The van der Waals surface area contributed by atoms with Gasteiger partial charge in [-0.3, -0.25) is 4.79 Å². The van der Waals surface area contributed by atoms with E-state index in [0.717, 1.165) is 16.7 Å². The predicted octanol–water partition coefficient (Wildman–Crippen LogP) is 3.76. The van der Waals surface area contributed by atoms with Crippen LogP contribution in [-0.2, 0) is 6.54 Å². The summed E-state index contributed by atoms with van der Waals surface area (Å²) in [5.41, 5.74) is 1.65. The standard InChI is InChI=1S/C18H17NO3/c1-2-21-15-9-5-4-8-14(15)12-19-18(20)17-11-13-7-3-6-10-16(13)22-17/h3-11H,2,12H2,1H3,(H,19,20). The first-order valence-corrected chi connectivity index (χ1v) is 7.25. The van der Waals surface area contributed by atoms with Crippen LogP contribution in [0.2, 0.25) is 0 Å². The lowest BCUT2D eigenvalue weighted by atomic mass is 10.2. The summed E-state index contributed by atoms with van der Waals surface area (Å²) in [5, 5.41) is 3.78. The first kappa shape index (κ1) is 14.2. The molecule has 4 heteroatoms. The van der Waals surface area contributed by atoms with Crippen molar-refractivity contribution in [2.75, 3.05) is 6.61 Å². The Hall–Kier alpha value is -2.75. The van der Waals surface area contributed by atoms with E-state index in [-0.39, 0.29) is 5.91 Å². The Labute approximate surface area is 128 Å². The van der Waals surface area contributed by atoms with Gasteiger partial charge in [0.05, 0.1) is 6.61 Å². The van der Waals surface area contributed by atoms with Crippen molar-refractivity contribution < 1.29 is 13.9 Å². The first-order valence-electron chi connectivity index (χ1n) is 7.25. The number of carbonyl (C=O) groups excluding carboxylic acids is 1. The summed E-state index contributed by atoms with van der Waals surface area (Å²) < 4.78 is 11.1. The fourth-order valence-electron chi connectivity index (χ4n) is 2.30. The van der Waals surface area contributed by atoms with E-state index in [1.165, 1.54) is 0 Å². The van der Waals surface area contributed by atoms with E-state index in [0.29, 0.717) is 24.5 Å². The van der Waals surface area contributed by atoms with Crippen molar-refractivity contribution in [3.8, 4) is 5.75 Å². The molecule has 0 fully saturated rings. The zero-order valence-electron chi connectivity index (χ0n) is 12.3. The number of hydrogen-bond acceptors (Lipinski definition) is 3. The van der Waals surface area contributed by atoms with Crippen molar-refractivity contribution in [1.82, 2.24) is 5.32 Å². The number of rotatable bonds is 5. The molecule has 0 atom stereocenters. The predicted molar refractivity (Wildman–Crippen MR) is 85.0 cm³/mol. The summed E-state index contributed by atoms with van der Waals surface area (Å²) in [6, 6.07) is 17.0. The third-order valence-electron chi connectivity index (χ3n) is 3.36. The highest BCUT2D eigenvalue weighted by atomic mass is 16.5. The van der Waals surface area contributed by atoms with Gasteiger partial charge in [0.1, 0.15) is 11.3 Å². The molecule has 3 aromatic rings. The second-order valence-corrected chi connectivity index (χ2v) is 4.87. The fourth-order valence-corrected chi connectivity index (χ4v) is 2.30. The van der Waals surface area contributed by atoms with Crippen molar-refractivity contribution in [2.45, 2.75) is 13.5 Å². The second-order valence-electron chi connectivity index (χ2n) is 4.87. The lowest BCUT2D eigenvalue weighted by molar-refractivity contribution is 0.0925. The number of nitrogens with one attached hydrogen (secondary N) is 1. The number of fused-ring (bicyclic) bond motifs is 1. The molecule has 0 aliphatic carbocycles. The number of hydrogen-bond donors (Lipinski definition) is 1. The maximum absolute atomic E-state index is 12.2. The van der Waals surface area contributed by atoms with Crippen LogP contribution in [0, 0.1) is 0 Å². The van der Waals surface area contributed by atoms with E-state index in [1.807, 2.05) is 55.5 Å². The first-order chi connectivity index (χ1) is 10.8. The maximum atomic E-state index is 12.2. The van der Waals surface area contributed by atoms with Gasteiger partial charge in [-0.05, 0) is 25.1 Å². The minimum absolute atomic E-state index is 0.234. The monoisotopic (exact) mass is 295 g/mol. The summed E-state index contributed by atoms with van der Waals surface area (Å²) >= 11 is 0. The van der Waals surface area contributed by atoms with Crippen LogP contribution in [0.25, 0.3) is 11.0 Å². The Morgan fingerprint density at radius 3 is 2.73 bits per heavy atom. The molecule has 1 aromatic heterocycles. The van der Waals surface area contributed by atoms with Crippen molar-refractivity contribution in [2.24, 2.45) is 0 Å². The zero-order chi connectivity index (χ0) is 15.4. The van der Waals surface area contributed by atoms with Crippen molar-refractivity contribution in [3.05, 3.63) is 65.9 Å². The van der Waals surface area contributed by atoms with Crippen LogP contribution in [0.3, 0.4) is 0 Å². The lowest BCUT2D eigenvalue weighted by Gasteiger charge is -2.10. The average molecular weight is 295 g/mol. The smallest absolute Gasteiger partial charge is 0.287 e. The van der Waals surface area contributed by atoms with Gasteiger partial charge in [-0.1, -0.05) is 36.4 Å². The Morgan fingerprint density at radius 2 is 1.91 bits per heavy atom. The zero-order valence-corrected chi connectivity index (χ0v) is 12.3. The number of carbonyl (C=O) groups is 1. The van der Waals surface area contributed by atoms with Crippen molar-refractivity contribution in [1.29, 1.82) is 0 Å². The van der Waals surface area contributed by atoms with Crippen LogP contribution >= 0.6 is 0 Å². The van der Waals surface area contributed by atoms with Crippen LogP contribution in [0.1, 0.15) is 23.0 Å². The molecule has 1 amide bonds. The summed E-state index contributed by atoms with van der Waals surface area (Å²) in [6.45, 7) is 2.92. The van der Waals surface area contributed by atoms with Gasteiger partial charge in [-0.15, -0.1) is 0 Å². The summed E-state index contributed by atoms with van der Waals surface area (Å²) in [6.07, 6.45) is 0. The normalized spacial score (nSPS) is 10.6. The van der Waals surface area contributed by atoms with Crippen molar-refractivity contribution in [3.63, 3.8) is 0 Å². The molecule has 0 aliphatic heterocycles. The van der Waals surface area contributed by atoms with E-state index in [1.54, 1.807) is 6.07 Å². The molecule has 0 saturated carbocycles. The number of para-hydroxylation sites is 2. The molecule has 2 aromatic carbocycles. The Bertz CT molecular complexity index is 759. The van der Waals surface area contributed by atoms with E-state index in [9.17, 15) is 4.79 Å². The fraction of sp³-hybridized carbons (Fsp3) is 0.167. The molecule has 112 valence electrons. The Morgan fingerprint density at radius 1 is 1.14 bits per heavy atom. The molecule has 0 radical (unpaired) electrons. The molecule has 22 heavy (non-hydrogen) atoms. The van der Waals surface area contributed by atoms with Gasteiger partial charge < -0.3 is 14.5 Å². The molecule has 1 heterocycles. The van der Waals surface area contributed by atoms with Crippen LogP contribution in [0.5, 0.6) is 5.75 Å². The molecule has 0 unspecified atom stereocenters. The van der Waals surface area contributed by atoms with Crippen LogP contribution in [-0.4, -0.2) is 12.5 Å². The molecule has 0 saturated heterocycles. The van der Waals surface area contributed by atoms with Gasteiger partial charge in [0.25, 0.3) is 5.91 Å². The minimum atomic E-state index is -0.234. The maximum Gasteiger partial charge on any atom is 0.287 e. The summed E-state index contributed by atoms with van der Waals surface area (Å²) in [5.74, 6) is 0.868. The van der Waals surface area contributed by atoms with Gasteiger partial charge in [0.15, 0.2) is 5.76 Å². The largest absolute Gasteiger partial charge is 0.494 e. The highest BCUT2D eigenvalue weighted by molar-refractivity contribution is 5.96. The average Bonchev–Trinajstić information content (AvgIpc) is 2.98. The number of amides is 1. The summed E-state index contributed by atoms with van der Waals surface area (Å²) in [4.78, 5) is 12.2. The van der Waals surface area contributed by atoms with Gasteiger partial charge >= 0.3 is 0 Å². The number of furan rings is 1. The van der Waals surface area contributed by atoms with Gasteiger partial charge in [-0.2, -0.15) is 0 Å². The third kappa shape index (κ3) is 2.96. The number of ether oxygens (including phenoxy) is 1. The minimum Gasteiger partial charge on any atom is -0.494 e. The molecular weight excluding hydrogens is 278 g/mol. The number of benzene rings is 2. The van der Waals surface area contributed by atoms with E-state index >= 15 is 0 Å². The third-order valence-corrected chi connectivity index (χ3v) is 3.36. The summed E-state index contributed by atoms with van der Waals surface area (Å²) in [7, 11) is 0. The van der Waals surface area contributed by atoms with Gasteiger partial charge in [0, 0.05) is 17.5 Å². The van der Waals surface area contributed by atoms with E-state index < -0.39 is 0 Å². The van der Waals surface area contributed by atoms with E-state index in [4.69, 9.17) is 9.15 Å². The highest BCUT2D eigenvalue weighted by Gasteiger charge is 2.12. The van der Waals surface area contributed by atoms with Crippen LogP contribution in [0.4, 0.5) is 0 Å². The Balaban J connectivity index is 1.72. The SMILES string of the molecule is CCOc1ccccc1CNC(=O)c1cc2ccccc2o1. The van der Waals surface area contributed by atoms with Crippen molar-refractivity contribution >= 4 is 16.9 Å². The molecular formula is C18H17NO3.